The number of carbonyl (C=O) groups excluding carboxylic acids is 1. The van der Waals surface area contributed by atoms with E-state index in [1.165, 1.54) is 26.5 Å². The molecule has 0 radical (unpaired) electrons. The van der Waals surface area contributed by atoms with Crippen LogP contribution in [-0.4, -0.2) is 25.1 Å². The van der Waals surface area contributed by atoms with E-state index in [2.05, 4.69) is 15.6 Å². The fourth-order valence-electron chi connectivity index (χ4n) is 2.53. The molecule has 0 atom stereocenters. The van der Waals surface area contributed by atoms with Crippen molar-refractivity contribution in [2.75, 3.05) is 24.9 Å². The zero-order chi connectivity index (χ0) is 20.1. The third-order valence-electron chi connectivity index (χ3n) is 3.87. The standard InChI is InChI=1S/C20H17F2N3O3/c1-27-16-4-3-5-17(28-2)19(16)20(26)25-13-7-9-18(23-11-13)24-12-6-8-14(21)15(22)10-12/h3-11H,1-2H3,(H,23,24)(H,25,26). The first-order valence-electron chi connectivity index (χ1n) is 8.22. The lowest BCUT2D eigenvalue weighted by atomic mass is 10.1. The predicted molar refractivity (Wildman–Crippen MR) is 101 cm³/mol. The van der Waals surface area contributed by atoms with Crippen LogP contribution in [0.3, 0.4) is 0 Å². The number of anilines is 3. The molecule has 0 aliphatic carbocycles. The molecule has 0 bridgehead atoms. The minimum absolute atomic E-state index is 0.261. The number of ether oxygens (including phenoxy) is 2. The summed E-state index contributed by atoms with van der Waals surface area (Å²) in [5.41, 5.74) is 1.05. The Hall–Kier alpha value is -3.68. The van der Waals surface area contributed by atoms with Crippen molar-refractivity contribution in [2.45, 2.75) is 0 Å². The van der Waals surface area contributed by atoms with Crippen LogP contribution >= 0.6 is 0 Å². The van der Waals surface area contributed by atoms with Gasteiger partial charge in [-0.25, -0.2) is 13.8 Å². The maximum Gasteiger partial charge on any atom is 0.263 e. The molecule has 0 saturated heterocycles. The first kappa shape index (κ1) is 19.1. The van der Waals surface area contributed by atoms with Gasteiger partial charge in [-0.05, 0) is 36.4 Å². The molecule has 2 N–H and O–H groups in total. The van der Waals surface area contributed by atoms with Gasteiger partial charge in [0.25, 0.3) is 5.91 Å². The zero-order valence-electron chi connectivity index (χ0n) is 15.1. The summed E-state index contributed by atoms with van der Waals surface area (Å²) in [6.45, 7) is 0. The molecule has 6 nitrogen and oxygen atoms in total. The molecule has 0 saturated carbocycles. The van der Waals surface area contributed by atoms with E-state index in [9.17, 15) is 13.6 Å². The molecule has 0 fully saturated rings. The SMILES string of the molecule is COc1cccc(OC)c1C(=O)Nc1ccc(Nc2ccc(F)c(F)c2)nc1. The molecule has 0 aliphatic heterocycles. The number of nitrogens with zero attached hydrogens (tertiary/aromatic N) is 1. The average Bonchev–Trinajstić information content (AvgIpc) is 2.71. The predicted octanol–water partition coefficient (Wildman–Crippen LogP) is 4.37. The Morgan fingerprint density at radius 2 is 1.61 bits per heavy atom. The molecule has 0 spiro atoms. The van der Waals surface area contributed by atoms with Crippen LogP contribution < -0.4 is 20.1 Å². The number of benzene rings is 2. The number of methoxy groups -OCH3 is 2. The van der Waals surface area contributed by atoms with Gasteiger partial charge in [0, 0.05) is 11.8 Å². The minimum atomic E-state index is -0.959. The highest BCUT2D eigenvalue weighted by Gasteiger charge is 2.18. The Morgan fingerprint density at radius 1 is 0.929 bits per heavy atom. The average molecular weight is 385 g/mol. The lowest BCUT2D eigenvalue weighted by Crippen LogP contribution is -2.14. The summed E-state index contributed by atoms with van der Waals surface area (Å²) in [7, 11) is 2.93. The second-order valence-electron chi connectivity index (χ2n) is 5.68. The molecule has 0 aliphatic rings. The Kier molecular flexibility index (Phi) is 5.69. The number of pyridine rings is 1. The Labute approximate surface area is 160 Å². The number of aromatic nitrogens is 1. The van der Waals surface area contributed by atoms with E-state index in [-0.39, 0.29) is 5.56 Å². The van der Waals surface area contributed by atoms with Crippen molar-refractivity contribution in [3.8, 4) is 11.5 Å². The third-order valence-corrected chi connectivity index (χ3v) is 3.87. The molecule has 8 heteroatoms. The van der Waals surface area contributed by atoms with Gasteiger partial charge in [0.1, 0.15) is 22.9 Å². The van der Waals surface area contributed by atoms with Crippen LogP contribution in [0.4, 0.5) is 26.0 Å². The smallest absolute Gasteiger partial charge is 0.263 e. The van der Waals surface area contributed by atoms with Crippen LogP contribution in [0.15, 0.2) is 54.7 Å². The van der Waals surface area contributed by atoms with E-state index < -0.39 is 17.5 Å². The highest BCUT2D eigenvalue weighted by Crippen LogP contribution is 2.29. The zero-order valence-corrected chi connectivity index (χ0v) is 15.1. The number of amides is 1. The third kappa shape index (κ3) is 4.17. The highest BCUT2D eigenvalue weighted by atomic mass is 19.2. The van der Waals surface area contributed by atoms with Crippen molar-refractivity contribution >= 4 is 23.1 Å². The fourth-order valence-corrected chi connectivity index (χ4v) is 2.53. The summed E-state index contributed by atoms with van der Waals surface area (Å²) >= 11 is 0. The van der Waals surface area contributed by atoms with Crippen LogP contribution in [0.25, 0.3) is 0 Å². The van der Waals surface area contributed by atoms with Crippen molar-refractivity contribution in [1.82, 2.24) is 4.98 Å². The van der Waals surface area contributed by atoms with Gasteiger partial charge in [0.05, 0.1) is 26.1 Å². The molecule has 1 amide bonds. The second-order valence-corrected chi connectivity index (χ2v) is 5.68. The Bertz CT molecular complexity index is 972. The second kappa shape index (κ2) is 8.34. The maximum absolute atomic E-state index is 13.3. The number of rotatable bonds is 6. The first-order valence-corrected chi connectivity index (χ1v) is 8.22. The van der Waals surface area contributed by atoms with Gasteiger partial charge in [-0.1, -0.05) is 6.07 Å². The van der Waals surface area contributed by atoms with E-state index in [1.807, 2.05) is 0 Å². The summed E-state index contributed by atoms with van der Waals surface area (Å²) in [6, 6.07) is 11.7. The summed E-state index contributed by atoms with van der Waals surface area (Å²) < 4.78 is 36.7. The molecule has 3 rings (SSSR count). The van der Waals surface area contributed by atoms with Crippen LogP contribution in [0.5, 0.6) is 11.5 Å². The van der Waals surface area contributed by atoms with E-state index in [4.69, 9.17) is 9.47 Å². The van der Waals surface area contributed by atoms with Crippen molar-refractivity contribution in [3.05, 3.63) is 71.9 Å². The van der Waals surface area contributed by atoms with Gasteiger partial charge in [0.2, 0.25) is 0 Å². The summed E-state index contributed by atoms with van der Waals surface area (Å²) in [6.07, 6.45) is 1.43. The van der Waals surface area contributed by atoms with Gasteiger partial charge >= 0.3 is 0 Å². The van der Waals surface area contributed by atoms with Crippen molar-refractivity contribution in [1.29, 1.82) is 0 Å². The molecular weight excluding hydrogens is 368 g/mol. The van der Waals surface area contributed by atoms with E-state index in [1.54, 1.807) is 30.3 Å². The number of hydrogen-bond donors (Lipinski definition) is 2. The van der Waals surface area contributed by atoms with E-state index in [0.29, 0.717) is 28.7 Å². The van der Waals surface area contributed by atoms with Crippen molar-refractivity contribution in [2.24, 2.45) is 0 Å². The number of halogens is 2. The van der Waals surface area contributed by atoms with Gasteiger partial charge in [-0.2, -0.15) is 0 Å². The normalized spacial score (nSPS) is 10.3. The summed E-state index contributed by atoms with van der Waals surface area (Å²) in [4.78, 5) is 16.8. The van der Waals surface area contributed by atoms with Gasteiger partial charge in [-0.15, -0.1) is 0 Å². The molecule has 144 valence electrons. The Balaban J connectivity index is 1.74. The van der Waals surface area contributed by atoms with Crippen LogP contribution in [0.1, 0.15) is 10.4 Å². The quantitative estimate of drug-likeness (QED) is 0.659. The fraction of sp³-hybridized carbons (Fsp3) is 0.100. The topological polar surface area (TPSA) is 72.5 Å². The summed E-state index contributed by atoms with van der Waals surface area (Å²) in [5.74, 6) is -1.15. The number of carbonyl (C=O) groups is 1. The largest absolute Gasteiger partial charge is 0.496 e. The molecule has 3 aromatic rings. The van der Waals surface area contributed by atoms with Crippen LogP contribution in [-0.2, 0) is 0 Å². The highest BCUT2D eigenvalue weighted by molar-refractivity contribution is 6.08. The number of nitrogens with one attached hydrogen (secondary N) is 2. The number of hydrogen-bond acceptors (Lipinski definition) is 5. The van der Waals surface area contributed by atoms with Gasteiger partial charge < -0.3 is 20.1 Å². The molecular formula is C20H17F2N3O3. The minimum Gasteiger partial charge on any atom is -0.496 e. The molecule has 28 heavy (non-hydrogen) atoms. The first-order chi connectivity index (χ1) is 13.5. The van der Waals surface area contributed by atoms with E-state index in [0.717, 1.165) is 12.1 Å². The molecule has 1 heterocycles. The van der Waals surface area contributed by atoms with Crippen LogP contribution in [0, 0.1) is 11.6 Å². The lowest BCUT2D eigenvalue weighted by Gasteiger charge is -2.13. The Morgan fingerprint density at radius 3 is 2.18 bits per heavy atom. The summed E-state index contributed by atoms with van der Waals surface area (Å²) in [5, 5.41) is 5.57. The van der Waals surface area contributed by atoms with Crippen molar-refractivity contribution < 1.29 is 23.0 Å². The lowest BCUT2D eigenvalue weighted by molar-refractivity contribution is 0.102. The van der Waals surface area contributed by atoms with Gasteiger partial charge in [-0.3, -0.25) is 4.79 Å². The van der Waals surface area contributed by atoms with Crippen molar-refractivity contribution in [3.63, 3.8) is 0 Å². The van der Waals surface area contributed by atoms with Crippen LogP contribution in [0.2, 0.25) is 0 Å². The molecule has 0 unspecified atom stereocenters. The monoisotopic (exact) mass is 385 g/mol. The van der Waals surface area contributed by atoms with E-state index >= 15 is 0 Å². The van der Waals surface area contributed by atoms with Gasteiger partial charge in [0.15, 0.2) is 11.6 Å². The maximum atomic E-state index is 13.3. The molecule has 1 aromatic heterocycles. The molecule has 2 aromatic carbocycles.